The SMILES string of the molecule is Cn1cnc(-c2oncc2C(=O)O)c1. The number of nitrogens with zero attached hydrogens (tertiary/aromatic N) is 3. The standard InChI is InChI=1S/C8H7N3O3/c1-11-3-6(9-4-11)7-5(8(12)13)2-10-14-7/h2-4H,1H3,(H,12,13). The van der Waals surface area contributed by atoms with E-state index in [-0.39, 0.29) is 11.3 Å². The number of aromatic carboxylic acids is 1. The minimum Gasteiger partial charge on any atom is -0.477 e. The zero-order chi connectivity index (χ0) is 10.1. The van der Waals surface area contributed by atoms with Crippen molar-refractivity contribution < 1.29 is 14.4 Å². The quantitative estimate of drug-likeness (QED) is 0.761. The summed E-state index contributed by atoms with van der Waals surface area (Å²) in [5.74, 6) is -0.898. The molecular formula is C8H7N3O3. The van der Waals surface area contributed by atoms with Crippen molar-refractivity contribution in [2.24, 2.45) is 7.05 Å². The average Bonchev–Trinajstić information content (AvgIpc) is 2.70. The first-order valence-electron chi connectivity index (χ1n) is 3.85. The first-order chi connectivity index (χ1) is 6.68. The van der Waals surface area contributed by atoms with Gasteiger partial charge in [-0.05, 0) is 0 Å². The van der Waals surface area contributed by atoms with Gasteiger partial charge in [0.25, 0.3) is 0 Å². The van der Waals surface area contributed by atoms with E-state index in [4.69, 9.17) is 9.63 Å². The summed E-state index contributed by atoms with van der Waals surface area (Å²) < 4.78 is 6.52. The number of carbonyl (C=O) groups is 1. The topological polar surface area (TPSA) is 81.2 Å². The molecule has 0 aliphatic rings. The normalized spacial score (nSPS) is 10.4. The van der Waals surface area contributed by atoms with Crippen molar-refractivity contribution in [1.82, 2.24) is 14.7 Å². The van der Waals surface area contributed by atoms with Crippen LogP contribution >= 0.6 is 0 Å². The Morgan fingerprint density at radius 2 is 2.43 bits per heavy atom. The average molecular weight is 193 g/mol. The second-order valence-electron chi connectivity index (χ2n) is 2.80. The third kappa shape index (κ3) is 1.26. The molecule has 0 unspecified atom stereocenters. The third-order valence-electron chi connectivity index (χ3n) is 1.74. The highest BCUT2D eigenvalue weighted by Gasteiger charge is 2.18. The van der Waals surface area contributed by atoms with Gasteiger partial charge in [0.05, 0.1) is 12.5 Å². The van der Waals surface area contributed by atoms with Crippen LogP contribution in [-0.2, 0) is 7.05 Å². The van der Waals surface area contributed by atoms with E-state index in [0.717, 1.165) is 6.20 Å². The summed E-state index contributed by atoms with van der Waals surface area (Å²) in [6, 6.07) is 0. The number of rotatable bonds is 2. The number of carboxylic acid groups (broad SMARTS) is 1. The van der Waals surface area contributed by atoms with E-state index in [2.05, 4.69) is 10.1 Å². The van der Waals surface area contributed by atoms with Gasteiger partial charge in [0, 0.05) is 13.2 Å². The summed E-state index contributed by atoms with van der Waals surface area (Å²) >= 11 is 0. The minimum absolute atomic E-state index is 0.0173. The lowest BCUT2D eigenvalue weighted by Gasteiger charge is -1.90. The summed E-state index contributed by atoms with van der Waals surface area (Å²) in [5.41, 5.74) is 0.478. The lowest BCUT2D eigenvalue weighted by atomic mass is 10.2. The fourth-order valence-corrected chi connectivity index (χ4v) is 1.11. The maximum Gasteiger partial charge on any atom is 0.341 e. The molecule has 6 nitrogen and oxygen atoms in total. The van der Waals surface area contributed by atoms with Gasteiger partial charge < -0.3 is 14.2 Å². The van der Waals surface area contributed by atoms with Crippen molar-refractivity contribution in [3.63, 3.8) is 0 Å². The van der Waals surface area contributed by atoms with E-state index >= 15 is 0 Å². The van der Waals surface area contributed by atoms with E-state index in [9.17, 15) is 4.79 Å². The number of aromatic nitrogens is 3. The molecule has 0 spiro atoms. The maximum absolute atomic E-state index is 10.7. The zero-order valence-corrected chi connectivity index (χ0v) is 7.34. The van der Waals surface area contributed by atoms with E-state index < -0.39 is 5.97 Å². The second kappa shape index (κ2) is 2.99. The molecule has 6 heteroatoms. The Bertz CT molecular complexity index is 472. The molecule has 0 aliphatic carbocycles. The zero-order valence-electron chi connectivity index (χ0n) is 7.34. The van der Waals surface area contributed by atoms with E-state index in [0.29, 0.717) is 5.69 Å². The summed E-state index contributed by atoms with van der Waals surface area (Å²) in [5, 5.41) is 12.2. The van der Waals surface area contributed by atoms with Crippen LogP contribution in [-0.4, -0.2) is 25.8 Å². The van der Waals surface area contributed by atoms with Crippen LogP contribution < -0.4 is 0 Å². The molecule has 2 heterocycles. The number of carboxylic acids is 1. The van der Waals surface area contributed by atoms with E-state index in [1.54, 1.807) is 24.1 Å². The van der Waals surface area contributed by atoms with Gasteiger partial charge in [-0.2, -0.15) is 0 Å². The van der Waals surface area contributed by atoms with E-state index in [1.807, 2.05) is 0 Å². The van der Waals surface area contributed by atoms with Crippen molar-refractivity contribution in [1.29, 1.82) is 0 Å². The van der Waals surface area contributed by atoms with Crippen molar-refractivity contribution in [3.05, 3.63) is 24.3 Å². The van der Waals surface area contributed by atoms with E-state index in [1.165, 1.54) is 0 Å². The molecular weight excluding hydrogens is 186 g/mol. The molecule has 0 saturated carbocycles. The molecule has 0 amide bonds. The van der Waals surface area contributed by atoms with Crippen molar-refractivity contribution in [2.45, 2.75) is 0 Å². The van der Waals surface area contributed by atoms with Crippen molar-refractivity contribution in [2.75, 3.05) is 0 Å². The second-order valence-corrected chi connectivity index (χ2v) is 2.80. The van der Waals surface area contributed by atoms with Gasteiger partial charge in [0.15, 0.2) is 0 Å². The highest BCUT2D eigenvalue weighted by atomic mass is 16.5. The number of hydrogen-bond donors (Lipinski definition) is 1. The van der Waals surface area contributed by atoms with Crippen LogP contribution in [0.5, 0.6) is 0 Å². The van der Waals surface area contributed by atoms with Crippen LogP contribution in [0.2, 0.25) is 0 Å². The Labute approximate surface area is 78.8 Å². The minimum atomic E-state index is -1.08. The Balaban J connectivity index is 2.51. The molecule has 1 N–H and O–H groups in total. The smallest absolute Gasteiger partial charge is 0.341 e. The van der Waals surface area contributed by atoms with Gasteiger partial charge in [0.2, 0.25) is 5.76 Å². The summed E-state index contributed by atoms with van der Waals surface area (Å²) in [6.07, 6.45) is 4.38. The lowest BCUT2D eigenvalue weighted by Crippen LogP contribution is -1.95. The van der Waals surface area contributed by atoms with Crippen LogP contribution in [0.1, 0.15) is 10.4 Å². The predicted molar refractivity (Wildman–Crippen MR) is 45.7 cm³/mol. The molecule has 2 rings (SSSR count). The fraction of sp³-hybridized carbons (Fsp3) is 0.125. The molecule has 72 valence electrons. The number of imidazole rings is 1. The Morgan fingerprint density at radius 3 is 3.00 bits per heavy atom. The highest BCUT2D eigenvalue weighted by molar-refractivity contribution is 5.93. The van der Waals surface area contributed by atoms with Crippen LogP contribution in [0, 0.1) is 0 Å². The van der Waals surface area contributed by atoms with Crippen molar-refractivity contribution >= 4 is 5.97 Å². The maximum atomic E-state index is 10.7. The van der Waals surface area contributed by atoms with Crippen LogP contribution in [0.15, 0.2) is 23.2 Å². The molecule has 0 atom stereocenters. The summed E-state index contributed by atoms with van der Waals surface area (Å²) in [4.78, 5) is 14.7. The van der Waals surface area contributed by atoms with Crippen LogP contribution in [0.25, 0.3) is 11.5 Å². The number of aryl methyl sites for hydroxylation is 1. The molecule has 0 aromatic carbocycles. The van der Waals surface area contributed by atoms with Gasteiger partial charge in [0.1, 0.15) is 11.3 Å². The monoisotopic (exact) mass is 193 g/mol. The largest absolute Gasteiger partial charge is 0.477 e. The van der Waals surface area contributed by atoms with Gasteiger partial charge in [-0.3, -0.25) is 0 Å². The predicted octanol–water partition coefficient (Wildman–Crippen LogP) is 0.773. The van der Waals surface area contributed by atoms with Crippen LogP contribution in [0.4, 0.5) is 0 Å². The summed E-state index contributed by atoms with van der Waals surface area (Å²) in [6.45, 7) is 0. The molecule has 0 aliphatic heterocycles. The van der Waals surface area contributed by atoms with Gasteiger partial charge in [-0.1, -0.05) is 5.16 Å². The molecule has 2 aromatic rings. The lowest BCUT2D eigenvalue weighted by molar-refractivity contribution is 0.0697. The third-order valence-corrected chi connectivity index (χ3v) is 1.74. The first kappa shape index (κ1) is 8.49. The number of hydrogen-bond acceptors (Lipinski definition) is 4. The molecule has 0 bridgehead atoms. The molecule has 0 fully saturated rings. The fourth-order valence-electron chi connectivity index (χ4n) is 1.11. The first-order valence-corrected chi connectivity index (χ1v) is 3.85. The van der Waals surface area contributed by atoms with Gasteiger partial charge in [-0.15, -0.1) is 0 Å². The Kier molecular flexibility index (Phi) is 1.81. The van der Waals surface area contributed by atoms with Crippen LogP contribution in [0.3, 0.4) is 0 Å². The molecule has 0 radical (unpaired) electrons. The van der Waals surface area contributed by atoms with Gasteiger partial charge >= 0.3 is 5.97 Å². The van der Waals surface area contributed by atoms with Gasteiger partial charge in [-0.25, -0.2) is 9.78 Å². The van der Waals surface area contributed by atoms with Crippen molar-refractivity contribution in [3.8, 4) is 11.5 Å². The summed E-state index contributed by atoms with van der Waals surface area (Å²) in [7, 11) is 1.79. The highest BCUT2D eigenvalue weighted by Crippen LogP contribution is 2.20. The molecule has 14 heavy (non-hydrogen) atoms. The molecule has 2 aromatic heterocycles. The molecule has 0 saturated heterocycles. The Hall–Kier alpha value is -2.11. The Morgan fingerprint density at radius 1 is 1.64 bits per heavy atom.